The Bertz CT molecular complexity index is 964. The number of rotatable bonds is 4. The first-order valence-electron chi connectivity index (χ1n) is 8.45. The number of ether oxygens (including phenoxy) is 2. The van der Waals surface area contributed by atoms with Crippen LogP contribution in [0.5, 0.6) is 11.5 Å². The lowest BCUT2D eigenvalue weighted by Gasteiger charge is -2.10. The third-order valence-electron chi connectivity index (χ3n) is 4.44. The lowest BCUT2D eigenvalue weighted by atomic mass is 10.0. The predicted molar refractivity (Wildman–Crippen MR) is 94.9 cm³/mol. The van der Waals surface area contributed by atoms with Crippen molar-refractivity contribution in [1.29, 1.82) is 0 Å². The molecule has 2 aromatic heterocycles. The first-order valence-corrected chi connectivity index (χ1v) is 8.45. The second kappa shape index (κ2) is 5.91. The van der Waals surface area contributed by atoms with Crippen molar-refractivity contribution in [3.8, 4) is 11.5 Å². The lowest BCUT2D eigenvalue weighted by molar-refractivity contribution is 0.174. The average molecular weight is 339 g/mol. The molecule has 7 heteroatoms. The standard InChI is InChI=1S/C18H21N5O2/c1-4-5-23-15(22-16-17(19)20-11(3)21-18(16)23)8-12-7-14-13(6-10(12)2)24-9-25-14/h6-7H,4-5,8-9H2,1-3H3,(H2,19,20,21). The molecule has 0 radical (unpaired) electrons. The molecule has 3 heterocycles. The fraction of sp³-hybridized carbons (Fsp3) is 0.389. The summed E-state index contributed by atoms with van der Waals surface area (Å²) in [5.74, 6) is 3.61. The van der Waals surface area contributed by atoms with Crippen LogP contribution in [0.3, 0.4) is 0 Å². The van der Waals surface area contributed by atoms with Crippen LogP contribution < -0.4 is 15.2 Å². The number of fused-ring (bicyclic) bond motifs is 2. The number of nitrogen functional groups attached to an aromatic ring is 1. The number of nitrogens with zero attached hydrogens (tertiary/aromatic N) is 4. The summed E-state index contributed by atoms with van der Waals surface area (Å²) in [6.07, 6.45) is 1.67. The molecule has 3 aromatic rings. The number of benzene rings is 1. The quantitative estimate of drug-likeness (QED) is 0.786. The third kappa shape index (κ3) is 2.65. The fourth-order valence-electron chi connectivity index (χ4n) is 3.22. The molecule has 0 spiro atoms. The number of aromatic nitrogens is 4. The Morgan fingerprint density at radius 3 is 2.64 bits per heavy atom. The molecule has 1 aliphatic heterocycles. The summed E-state index contributed by atoms with van der Waals surface area (Å²) < 4.78 is 13.1. The smallest absolute Gasteiger partial charge is 0.231 e. The molecule has 25 heavy (non-hydrogen) atoms. The molecule has 0 unspecified atom stereocenters. The van der Waals surface area contributed by atoms with Crippen LogP contribution in [0.15, 0.2) is 12.1 Å². The molecule has 0 aliphatic carbocycles. The average Bonchev–Trinajstić information content (AvgIpc) is 3.14. The van der Waals surface area contributed by atoms with Crippen LogP contribution in [0.1, 0.15) is 36.1 Å². The van der Waals surface area contributed by atoms with Crippen molar-refractivity contribution in [1.82, 2.24) is 19.5 Å². The van der Waals surface area contributed by atoms with Gasteiger partial charge in [0.05, 0.1) is 0 Å². The van der Waals surface area contributed by atoms with Crippen molar-refractivity contribution in [2.75, 3.05) is 12.5 Å². The van der Waals surface area contributed by atoms with Crippen LogP contribution in [-0.2, 0) is 13.0 Å². The topological polar surface area (TPSA) is 88.1 Å². The van der Waals surface area contributed by atoms with Gasteiger partial charge in [-0.05, 0) is 43.5 Å². The monoisotopic (exact) mass is 339 g/mol. The van der Waals surface area contributed by atoms with Gasteiger partial charge in [-0.1, -0.05) is 6.92 Å². The first kappa shape index (κ1) is 15.7. The van der Waals surface area contributed by atoms with Gasteiger partial charge in [0, 0.05) is 13.0 Å². The summed E-state index contributed by atoms with van der Waals surface area (Å²) >= 11 is 0. The highest BCUT2D eigenvalue weighted by Crippen LogP contribution is 2.35. The summed E-state index contributed by atoms with van der Waals surface area (Å²) in [4.78, 5) is 13.5. The zero-order valence-corrected chi connectivity index (χ0v) is 14.7. The first-order chi connectivity index (χ1) is 12.1. The molecular weight excluding hydrogens is 318 g/mol. The molecule has 0 atom stereocenters. The van der Waals surface area contributed by atoms with E-state index in [9.17, 15) is 0 Å². The molecule has 1 aromatic carbocycles. The van der Waals surface area contributed by atoms with Crippen molar-refractivity contribution in [2.45, 2.75) is 40.2 Å². The third-order valence-corrected chi connectivity index (χ3v) is 4.44. The van der Waals surface area contributed by atoms with Crippen molar-refractivity contribution in [2.24, 2.45) is 0 Å². The van der Waals surface area contributed by atoms with Gasteiger partial charge in [0.2, 0.25) is 6.79 Å². The highest BCUT2D eigenvalue weighted by atomic mass is 16.7. The van der Waals surface area contributed by atoms with E-state index in [0.29, 0.717) is 23.6 Å². The molecule has 0 fully saturated rings. The molecule has 0 bridgehead atoms. The number of nitrogens with two attached hydrogens (primary N) is 1. The maximum atomic E-state index is 6.07. The van der Waals surface area contributed by atoms with Crippen molar-refractivity contribution in [3.63, 3.8) is 0 Å². The van der Waals surface area contributed by atoms with Gasteiger partial charge in [0.1, 0.15) is 11.6 Å². The van der Waals surface area contributed by atoms with Crippen LogP contribution in [0.4, 0.5) is 5.82 Å². The summed E-state index contributed by atoms with van der Waals surface area (Å²) in [5, 5.41) is 0. The predicted octanol–water partition coefficient (Wildman–Crippen LogP) is 2.75. The number of imidazole rings is 1. The van der Waals surface area contributed by atoms with E-state index in [4.69, 9.17) is 20.2 Å². The lowest BCUT2D eigenvalue weighted by Crippen LogP contribution is -2.06. The Kier molecular flexibility index (Phi) is 3.71. The normalized spacial score (nSPS) is 12.9. The Morgan fingerprint density at radius 1 is 1.12 bits per heavy atom. The molecule has 0 saturated carbocycles. The van der Waals surface area contributed by atoms with Crippen LogP contribution in [0, 0.1) is 13.8 Å². The Morgan fingerprint density at radius 2 is 1.88 bits per heavy atom. The van der Waals surface area contributed by atoms with E-state index in [1.807, 2.05) is 19.1 Å². The van der Waals surface area contributed by atoms with Crippen LogP contribution in [0.25, 0.3) is 11.2 Å². The molecule has 4 rings (SSSR count). The van der Waals surface area contributed by atoms with E-state index in [1.165, 1.54) is 0 Å². The van der Waals surface area contributed by atoms with Crippen LogP contribution in [-0.4, -0.2) is 26.3 Å². The molecule has 0 saturated heterocycles. The Hall–Kier alpha value is -2.83. The Balaban J connectivity index is 1.81. The molecule has 2 N–H and O–H groups in total. The number of hydrogen-bond acceptors (Lipinski definition) is 6. The minimum Gasteiger partial charge on any atom is -0.454 e. The number of hydrogen-bond donors (Lipinski definition) is 1. The second-order valence-electron chi connectivity index (χ2n) is 6.32. The highest BCUT2D eigenvalue weighted by molar-refractivity contribution is 5.82. The SMILES string of the molecule is CCCn1c(Cc2cc3c(cc2C)OCO3)nc2c(N)nc(C)nc21. The van der Waals surface area contributed by atoms with Gasteiger partial charge >= 0.3 is 0 Å². The number of aryl methyl sites for hydroxylation is 3. The largest absolute Gasteiger partial charge is 0.454 e. The van der Waals surface area contributed by atoms with Crippen LogP contribution in [0.2, 0.25) is 0 Å². The van der Waals surface area contributed by atoms with Crippen molar-refractivity contribution in [3.05, 3.63) is 34.9 Å². The molecule has 130 valence electrons. The van der Waals surface area contributed by atoms with Crippen LogP contribution >= 0.6 is 0 Å². The number of anilines is 1. The van der Waals surface area contributed by atoms with Gasteiger partial charge < -0.3 is 19.8 Å². The van der Waals surface area contributed by atoms with Crippen molar-refractivity contribution < 1.29 is 9.47 Å². The molecule has 0 amide bonds. The summed E-state index contributed by atoms with van der Waals surface area (Å²) in [6.45, 7) is 7.17. The minimum atomic E-state index is 0.276. The molecule has 7 nitrogen and oxygen atoms in total. The zero-order valence-electron chi connectivity index (χ0n) is 14.7. The van der Waals surface area contributed by atoms with E-state index >= 15 is 0 Å². The van der Waals surface area contributed by atoms with E-state index in [1.54, 1.807) is 0 Å². The van der Waals surface area contributed by atoms with E-state index in [2.05, 4.69) is 28.4 Å². The maximum Gasteiger partial charge on any atom is 0.231 e. The maximum absolute atomic E-state index is 6.07. The molecule has 1 aliphatic rings. The fourth-order valence-corrected chi connectivity index (χ4v) is 3.22. The van der Waals surface area contributed by atoms with Gasteiger partial charge in [-0.2, -0.15) is 0 Å². The summed E-state index contributed by atoms with van der Waals surface area (Å²) in [5.41, 5.74) is 9.85. The Labute approximate surface area is 145 Å². The summed E-state index contributed by atoms with van der Waals surface area (Å²) in [7, 11) is 0. The zero-order chi connectivity index (χ0) is 17.6. The van der Waals surface area contributed by atoms with Gasteiger partial charge in [0.15, 0.2) is 28.5 Å². The van der Waals surface area contributed by atoms with Crippen molar-refractivity contribution >= 4 is 17.0 Å². The van der Waals surface area contributed by atoms with E-state index in [0.717, 1.165) is 47.1 Å². The van der Waals surface area contributed by atoms with E-state index in [-0.39, 0.29) is 6.79 Å². The molecular formula is C18H21N5O2. The van der Waals surface area contributed by atoms with E-state index < -0.39 is 0 Å². The second-order valence-corrected chi connectivity index (χ2v) is 6.32. The van der Waals surface area contributed by atoms with Gasteiger partial charge in [-0.25, -0.2) is 15.0 Å². The highest BCUT2D eigenvalue weighted by Gasteiger charge is 2.19. The summed E-state index contributed by atoms with van der Waals surface area (Å²) in [6, 6.07) is 4.05. The van der Waals surface area contributed by atoms with Gasteiger partial charge in [0.25, 0.3) is 0 Å². The van der Waals surface area contributed by atoms with Gasteiger partial charge in [-0.3, -0.25) is 0 Å². The minimum absolute atomic E-state index is 0.276. The van der Waals surface area contributed by atoms with Gasteiger partial charge in [-0.15, -0.1) is 0 Å².